The van der Waals surface area contributed by atoms with Gasteiger partial charge in [0.2, 0.25) is 0 Å². The molecule has 0 radical (unpaired) electrons. The molecule has 1 aromatic heterocycles. The van der Waals surface area contributed by atoms with Crippen LogP contribution in [0.15, 0.2) is 60.8 Å². The van der Waals surface area contributed by atoms with E-state index in [1.54, 1.807) is 23.0 Å². The van der Waals surface area contributed by atoms with Crippen LogP contribution in [0.5, 0.6) is 0 Å². The molecule has 7 rings (SSSR count). The molecule has 4 fully saturated rings. The van der Waals surface area contributed by atoms with Crippen molar-refractivity contribution < 1.29 is 18.7 Å². The third kappa shape index (κ3) is 3.75. The van der Waals surface area contributed by atoms with Crippen molar-refractivity contribution in [2.75, 3.05) is 6.61 Å². The molecule has 5 nitrogen and oxygen atoms in total. The van der Waals surface area contributed by atoms with Gasteiger partial charge in [-0.3, -0.25) is 4.79 Å². The highest BCUT2D eigenvalue weighted by Gasteiger charge is 2.54. The van der Waals surface area contributed by atoms with Crippen molar-refractivity contribution in [3.8, 4) is 16.9 Å². The van der Waals surface area contributed by atoms with Crippen LogP contribution < -0.4 is 0 Å². The van der Waals surface area contributed by atoms with E-state index < -0.39 is 5.97 Å². The lowest BCUT2D eigenvalue weighted by molar-refractivity contribution is -0.147. The van der Waals surface area contributed by atoms with Gasteiger partial charge in [0.25, 0.3) is 0 Å². The number of carbonyl (C=O) groups is 2. The summed E-state index contributed by atoms with van der Waals surface area (Å²) in [7, 11) is 0. The normalized spacial score (nSPS) is 27.0. The topological polar surface area (TPSA) is 61.2 Å². The van der Waals surface area contributed by atoms with Crippen molar-refractivity contribution in [1.82, 2.24) is 9.78 Å². The van der Waals surface area contributed by atoms with Crippen molar-refractivity contribution in [1.29, 1.82) is 0 Å². The molecule has 0 saturated heterocycles. The molecule has 174 valence electrons. The van der Waals surface area contributed by atoms with Gasteiger partial charge < -0.3 is 4.74 Å². The molecule has 4 bridgehead atoms. The van der Waals surface area contributed by atoms with Crippen molar-refractivity contribution >= 4 is 11.8 Å². The van der Waals surface area contributed by atoms with Gasteiger partial charge in [0.15, 0.2) is 12.4 Å². The SMILES string of the molecule is O=C(OCC(=O)C12CC3CC(CC(C3)C1)C2)c1cn(-c2ccccc2)nc1-c1ccc(F)cc1. The van der Waals surface area contributed by atoms with Crippen LogP contribution in [-0.2, 0) is 9.53 Å². The number of ether oxygens (including phenoxy) is 1. The maximum atomic E-state index is 13.5. The summed E-state index contributed by atoms with van der Waals surface area (Å²) in [6, 6.07) is 15.3. The third-order valence-corrected chi connectivity index (χ3v) is 8.04. The zero-order valence-corrected chi connectivity index (χ0v) is 19.0. The van der Waals surface area contributed by atoms with Crippen LogP contribution in [0.3, 0.4) is 0 Å². The Hall–Kier alpha value is -3.28. The fourth-order valence-electron chi connectivity index (χ4n) is 6.87. The van der Waals surface area contributed by atoms with E-state index in [1.807, 2.05) is 30.3 Å². The minimum absolute atomic E-state index is 0.0683. The van der Waals surface area contributed by atoms with E-state index in [-0.39, 0.29) is 29.2 Å². The Balaban J connectivity index is 1.25. The Bertz CT molecular complexity index is 1200. The van der Waals surface area contributed by atoms with Crippen LogP contribution in [0.1, 0.15) is 48.9 Å². The first-order valence-corrected chi connectivity index (χ1v) is 12.1. The summed E-state index contributed by atoms with van der Waals surface area (Å²) in [5.41, 5.74) is 1.75. The lowest BCUT2D eigenvalue weighted by Crippen LogP contribution is -2.51. The van der Waals surface area contributed by atoms with Crippen molar-refractivity contribution in [2.24, 2.45) is 23.2 Å². The van der Waals surface area contributed by atoms with Crippen molar-refractivity contribution in [3.05, 3.63) is 72.2 Å². The van der Waals surface area contributed by atoms with E-state index >= 15 is 0 Å². The number of halogens is 1. The van der Waals surface area contributed by atoms with Gasteiger partial charge in [-0.25, -0.2) is 13.9 Å². The number of benzene rings is 2. The number of Topliss-reactive ketones (excluding diaryl/α,β-unsaturated/α-hetero) is 1. The lowest BCUT2D eigenvalue weighted by Gasteiger charge is -2.55. The quantitative estimate of drug-likeness (QED) is 0.450. The first-order chi connectivity index (χ1) is 16.5. The predicted molar refractivity (Wildman–Crippen MR) is 125 cm³/mol. The first kappa shape index (κ1) is 21.3. The Labute approximate surface area is 197 Å². The standard InChI is InChI=1S/C28H27FN2O3/c29-22-8-6-21(7-9-22)26-24(16-31(30-26)23-4-2-1-3-5-23)27(33)34-17-25(32)28-13-18-10-19(14-28)12-20(11-18)15-28/h1-9,16,18-20H,10-15,17H2. The number of hydrogen-bond donors (Lipinski definition) is 0. The van der Waals surface area contributed by atoms with E-state index in [1.165, 1.54) is 31.4 Å². The van der Waals surface area contributed by atoms with Crippen LogP contribution in [0.4, 0.5) is 4.39 Å². The summed E-state index contributed by atoms with van der Waals surface area (Å²) in [4.78, 5) is 26.5. The number of aromatic nitrogens is 2. The van der Waals surface area contributed by atoms with Gasteiger partial charge in [-0.15, -0.1) is 0 Å². The Morgan fingerprint density at radius 3 is 2.18 bits per heavy atom. The summed E-state index contributed by atoms with van der Waals surface area (Å²) in [6.45, 7) is -0.204. The highest BCUT2D eigenvalue weighted by atomic mass is 19.1. The monoisotopic (exact) mass is 458 g/mol. The van der Waals surface area contributed by atoms with Crippen LogP contribution in [0, 0.1) is 29.0 Å². The molecule has 3 aromatic rings. The van der Waals surface area contributed by atoms with Crippen LogP contribution >= 0.6 is 0 Å². The molecule has 0 atom stereocenters. The van der Waals surface area contributed by atoms with Gasteiger partial charge in [0.1, 0.15) is 17.1 Å². The highest BCUT2D eigenvalue weighted by Crippen LogP contribution is 2.60. The smallest absolute Gasteiger partial charge is 0.342 e. The molecule has 34 heavy (non-hydrogen) atoms. The molecule has 0 N–H and O–H groups in total. The van der Waals surface area contributed by atoms with Crippen LogP contribution in [-0.4, -0.2) is 28.1 Å². The number of carbonyl (C=O) groups excluding carboxylic acids is 2. The van der Waals surface area contributed by atoms with E-state index in [0.29, 0.717) is 29.0 Å². The van der Waals surface area contributed by atoms with Crippen molar-refractivity contribution in [2.45, 2.75) is 38.5 Å². The molecule has 0 spiro atoms. The zero-order chi connectivity index (χ0) is 23.3. The molecule has 4 aliphatic rings. The molecule has 0 amide bonds. The molecule has 0 aliphatic heterocycles. The van der Waals surface area contributed by atoms with E-state index in [2.05, 4.69) is 5.10 Å². The fraction of sp³-hybridized carbons (Fsp3) is 0.393. The maximum absolute atomic E-state index is 13.5. The van der Waals surface area contributed by atoms with Gasteiger partial charge in [-0.2, -0.15) is 5.10 Å². The van der Waals surface area contributed by atoms with E-state index in [0.717, 1.165) is 24.9 Å². The maximum Gasteiger partial charge on any atom is 0.342 e. The summed E-state index contributed by atoms with van der Waals surface area (Å²) in [5, 5.41) is 4.59. The van der Waals surface area contributed by atoms with Crippen LogP contribution in [0.25, 0.3) is 16.9 Å². The second kappa shape index (κ2) is 8.19. The van der Waals surface area contributed by atoms with Gasteiger partial charge in [-0.1, -0.05) is 18.2 Å². The fourth-order valence-corrected chi connectivity index (χ4v) is 6.87. The predicted octanol–water partition coefficient (Wildman–Crippen LogP) is 5.62. The number of hydrogen-bond acceptors (Lipinski definition) is 4. The largest absolute Gasteiger partial charge is 0.454 e. The molecular weight excluding hydrogens is 431 g/mol. The van der Waals surface area contributed by atoms with Crippen molar-refractivity contribution in [3.63, 3.8) is 0 Å². The molecule has 0 unspecified atom stereocenters. The molecular formula is C28H27FN2O3. The number of nitrogens with zero attached hydrogens (tertiary/aromatic N) is 2. The number of para-hydroxylation sites is 1. The molecule has 4 saturated carbocycles. The second-order valence-corrected chi connectivity index (χ2v) is 10.4. The molecule has 2 aromatic carbocycles. The zero-order valence-electron chi connectivity index (χ0n) is 19.0. The summed E-state index contributed by atoms with van der Waals surface area (Å²) >= 11 is 0. The minimum Gasteiger partial charge on any atom is -0.454 e. The Morgan fingerprint density at radius 1 is 0.941 bits per heavy atom. The third-order valence-electron chi connectivity index (χ3n) is 8.04. The molecule has 4 aliphatic carbocycles. The number of esters is 1. The van der Waals surface area contributed by atoms with Crippen LogP contribution in [0.2, 0.25) is 0 Å². The summed E-state index contributed by atoms with van der Waals surface area (Å²) < 4.78 is 20.7. The minimum atomic E-state index is -0.584. The van der Waals surface area contributed by atoms with Gasteiger partial charge in [-0.05, 0) is 92.7 Å². The lowest BCUT2D eigenvalue weighted by atomic mass is 9.48. The molecule has 1 heterocycles. The number of rotatable bonds is 6. The van der Waals surface area contributed by atoms with Gasteiger partial charge in [0.05, 0.1) is 5.69 Å². The first-order valence-electron chi connectivity index (χ1n) is 12.1. The second-order valence-electron chi connectivity index (χ2n) is 10.4. The molecule has 6 heteroatoms. The average molecular weight is 459 g/mol. The summed E-state index contributed by atoms with van der Waals surface area (Å²) in [5.74, 6) is 1.08. The highest BCUT2D eigenvalue weighted by molar-refractivity contribution is 5.98. The van der Waals surface area contributed by atoms with Gasteiger partial charge >= 0.3 is 5.97 Å². The Kier molecular flexibility index (Phi) is 5.12. The van der Waals surface area contributed by atoms with Gasteiger partial charge in [0, 0.05) is 17.2 Å². The Morgan fingerprint density at radius 2 is 1.56 bits per heavy atom. The van der Waals surface area contributed by atoms with E-state index in [4.69, 9.17) is 4.74 Å². The van der Waals surface area contributed by atoms with E-state index in [9.17, 15) is 14.0 Å². The average Bonchev–Trinajstić information content (AvgIpc) is 3.28. The summed E-state index contributed by atoms with van der Waals surface area (Å²) in [6.07, 6.45) is 8.22. The number of ketones is 1.